The maximum atomic E-state index is 11.4. The molecule has 5 nitrogen and oxygen atoms in total. The number of anilines is 1. The molecule has 1 fully saturated rings. The molecule has 1 aliphatic rings. The average Bonchev–Trinajstić information content (AvgIpc) is 2.86. The number of nitrogens with one attached hydrogen (secondary N) is 1. The molecule has 1 aromatic heterocycles. The second kappa shape index (κ2) is 5.82. The van der Waals surface area contributed by atoms with E-state index in [4.69, 9.17) is 4.74 Å². The smallest absolute Gasteiger partial charge is 0.356 e. The Balaban J connectivity index is 1.99. The molecule has 0 radical (unpaired) electrons. The Labute approximate surface area is 107 Å². The lowest BCUT2D eigenvalue weighted by atomic mass is 10.2. The molecule has 2 rings (SSSR count). The summed E-state index contributed by atoms with van der Waals surface area (Å²) in [6.45, 7) is 0. The molecule has 0 amide bonds. The van der Waals surface area contributed by atoms with Gasteiger partial charge >= 0.3 is 5.97 Å². The van der Waals surface area contributed by atoms with E-state index in [9.17, 15) is 4.79 Å². The molecule has 18 heavy (non-hydrogen) atoms. The molecule has 2 atom stereocenters. The Morgan fingerprint density at radius 2 is 2.28 bits per heavy atom. The van der Waals surface area contributed by atoms with Gasteiger partial charge < -0.3 is 14.8 Å². The topological polar surface area (TPSA) is 60.5 Å². The molecule has 2 unspecified atom stereocenters. The summed E-state index contributed by atoms with van der Waals surface area (Å²) in [4.78, 5) is 15.3. The van der Waals surface area contributed by atoms with Crippen molar-refractivity contribution in [2.75, 3.05) is 19.5 Å². The van der Waals surface area contributed by atoms with Crippen molar-refractivity contribution in [3.63, 3.8) is 0 Å². The summed E-state index contributed by atoms with van der Waals surface area (Å²) >= 11 is 0. The molecule has 1 N–H and O–H groups in total. The van der Waals surface area contributed by atoms with Crippen molar-refractivity contribution >= 4 is 11.7 Å². The third-order valence-corrected chi connectivity index (χ3v) is 3.24. The summed E-state index contributed by atoms with van der Waals surface area (Å²) in [6, 6.07) is 3.96. The van der Waals surface area contributed by atoms with Gasteiger partial charge in [0, 0.05) is 25.0 Å². The number of methoxy groups -OCH3 is 2. The molecule has 5 heteroatoms. The average molecular weight is 250 g/mol. The third kappa shape index (κ3) is 2.98. The molecule has 0 aliphatic heterocycles. The highest BCUT2D eigenvalue weighted by atomic mass is 16.5. The standard InChI is InChI=1S/C13H18N2O3/c1-17-11-4-3-9(7-11)15-10-5-6-14-12(8-10)13(16)18-2/h5-6,8-9,11H,3-4,7H2,1-2H3,(H,14,15). The van der Waals surface area contributed by atoms with E-state index >= 15 is 0 Å². The fourth-order valence-electron chi connectivity index (χ4n) is 2.26. The lowest BCUT2D eigenvalue weighted by Crippen LogP contribution is -2.17. The van der Waals surface area contributed by atoms with Gasteiger partial charge in [0.25, 0.3) is 0 Å². The van der Waals surface area contributed by atoms with Crippen molar-refractivity contribution in [3.05, 3.63) is 24.0 Å². The van der Waals surface area contributed by atoms with Crippen LogP contribution in [0, 0.1) is 0 Å². The van der Waals surface area contributed by atoms with Gasteiger partial charge in [0.2, 0.25) is 0 Å². The molecule has 0 aromatic carbocycles. The van der Waals surface area contributed by atoms with Gasteiger partial charge in [-0.2, -0.15) is 0 Å². The number of pyridine rings is 1. The molecule has 0 saturated heterocycles. The van der Waals surface area contributed by atoms with Crippen LogP contribution in [0.25, 0.3) is 0 Å². The van der Waals surface area contributed by atoms with E-state index in [1.165, 1.54) is 7.11 Å². The number of hydrogen-bond donors (Lipinski definition) is 1. The number of carbonyl (C=O) groups excluding carboxylic acids is 1. The van der Waals surface area contributed by atoms with Crippen LogP contribution in [0.3, 0.4) is 0 Å². The number of rotatable bonds is 4. The van der Waals surface area contributed by atoms with Crippen LogP contribution in [0.5, 0.6) is 0 Å². The second-order valence-electron chi connectivity index (χ2n) is 4.43. The van der Waals surface area contributed by atoms with Crippen molar-refractivity contribution in [2.24, 2.45) is 0 Å². The number of carbonyl (C=O) groups is 1. The van der Waals surface area contributed by atoms with E-state index in [-0.39, 0.29) is 0 Å². The number of ether oxygens (including phenoxy) is 2. The van der Waals surface area contributed by atoms with E-state index in [1.807, 2.05) is 6.07 Å². The zero-order valence-corrected chi connectivity index (χ0v) is 10.7. The van der Waals surface area contributed by atoms with Crippen LogP contribution in [0.15, 0.2) is 18.3 Å². The summed E-state index contributed by atoms with van der Waals surface area (Å²) in [5, 5.41) is 3.40. The van der Waals surface area contributed by atoms with Gasteiger partial charge in [-0.05, 0) is 31.4 Å². The molecular weight excluding hydrogens is 232 g/mol. The number of esters is 1. The van der Waals surface area contributed by atoms with Crippen molar-refractivity contribution in [2.45, 2.75) is 31.4 Å². The molecule has 1 heterocycles. The predicted molar refractivity (Wildman–Crippen MR) is 67.6 cm³/mol. The lowest BCUT2D eigenvalue weighted by Gasteiger charge is -2.14. The van der Waals surface area contributed by atoms with Gasteiger partial charge in [-0.3, -0.25) is 0 Å². The van der Waals surface area contributed by atoms with Crippen LogP contribution < -0.4 is 5.32 Å². The van der Waals surface area contributed by atoms with Gasteiger partial charge in [-0.15, -0.1) is 0 Å². The van der Waals surface area contributed by atoms with E-state index in [2.05, 4.69) is 15.0 Å². The largest absolute Gasteiger partial charge is 0.464 e. The Bertz CT molecular complexity index is 422. The first-order valence-electron chi connectivity index (χ1n) is 6.06. The van der Waals surface area contributed by atoms with E-state index < -0.39 is 5.97 Å². The molecule has 1 saturated carbocycles. The van der Waals surface area contributed by atoms with Gasteiger partial charge in [0.15, 0.2) is 0 Å². The molecule has 0 bridgehead atoms. The highest BCUT2D eigenvalue weighted by molar-refractivity contribution is 5.88. The number of nitrogens with zero attached hydrogens (tertiary/aromatic N) is 1. The molecule has 0 spiro atoms. The summed E-state index contributed by atoms with van der Waals surface area (Å²) in [5.41, 5.74) is 1.22. The third-order valence-electron chi connectivity index (χ3n) is 3.24. The van der Waals surface area contributed by atoms with Crippen LogP contribution in [0.2, 0.25) is 0 Å². The first-order chi connectivity index (χ1) is 8.72. The highest BCUT2D eigenvalue weighted by Gasteiger charge is 2.24. The highest BCUT2D eigenvalue weighted by Crippen LogP contribution is 2.24. The minimum Gasteiger partial charge on any atom is -0.464 e. The zero-order chi connectivity index (χ0) is 13.0. The van der Waals surface area contributed by atoms with Gasteiger partial charge in [0.05, 0.1) is 13.2 Å². The SMILES string of the molecule is COC(=O)c1cc(NC2CCC(OC)C2)ccn1. The van der Waals surface area contributed by atoms with Crippen LogP contribution >= 0.6 is 0 Å². The lowest BCUT2D eigenvalue weighted by molar-refractivity contribution is 0.0594. The predicted octanol–water partition coefficient (Wildman–Crippen LogP) is 1.85. The maximum Gasteiger partial charge on any atom is 0.356 e. The molecule has 98 valence electrons. The fourth-order valence-corrected chi connectivity index (χ4v) is 2.26. The Kier molecular flexibility index (Phi) is 4.15. The summed E-state index contributed by atoms with van der Waals surface area (Å²) in [5.74, 6) is -0.417. The molecule has 1 aliphatic carbocycles. The Morgan fingerprint density at radius 1 is 1.44 bits per heavy atom. The first-order valence-corrected chi connectivity index (χ1v) is 6.06. The van der Waals surface area contributed by atoms with Crippen molar-refractivity contribution in [3.8, 4) is 0 Å². The minimum absolute atomic E-state index is 0.323. The van der Waals surface area contributed by atoms with Gasteiger partial charge in [-0.1, -0.05) is 0 Å². The van der Waals surface area contributed by atoms with E-state index in [0.717, 1.165) is 24.9 Å². The normalized spacial score (nSPS) is 22.8. The van der Waals surface area contributed by atoms with Crippen LogP contribution in [0.4, 0.5) is 5.69 Å². The summed E-state index contributed by atoms with van der Waals surface area (Å²) in [7, 11) is 3.10. The second-order valence-corrected chi connectivity index (χ2v) is 4.43. The first kappa shape index (κ1) is 12.8. The van der Waals surface area contributed by atoms with Crippen LogP contribution in [-0.2, 0) is 9.47 Å². The number of hydrogen-bond acceptors (Lipinski definition) is 5. The van der Waals surface area contributed by atoms with Crippen LogP contribution in [-0.4, -0.2) is 37.3 Å². The van der Waals surface area contributed by atoms with Crippen molar-refractivity contribution in [1.29, 1.82) is 0 Å². The maximum absolute atomic E-state index is 11.4. The quantitative estimate of drug-likeness (QED) is 0.826. The minimum atomic E-state index is -0.417. The van der Waals surface area contributed by atoms with E-state index in [1.54, 1.807) is 19.4 Å². The zero-order valence-electron chi connectivity index (χ0n) is 10.7. The van der Waals surface area contributed by atoms with Gasteiger partial charge in [-0.25, -0.2) is 9.78 Å². The van der Waals surface area contributed by atoms with Crippen molar-refractivity contribution in [1.82, 2.24) is 4.98 Å². The summed E-state index contributed by atoms with van der Waals surface area (Å²) in [6.07, 6.45) is 5.09. The Hall–Kier alpha value is -1.62. The van der Waals surface area contributed by atoms with Crippen molar-refractivity contribution < 1.29 is 14.3 Å². The van der Waals surface area contributed by atoms with E-state index in [0.29, 0.717) is 17.8 Å². The monoisotopic (exact) mass is 250 g/mol. The molecular formula is C13H18N2O3. The Morgan fingerprint density at radius 3 is 2.94 bits per heavy atom. The molecule has 1 aromatic rings. The summed E-state index contributed by atoms with van der Waals surface area (Å²) < 4.78 is 9.98. The van der Waals surface area contributed by atoms with Gasteiger partial charge in [0.1, 0.15) is 5.69 Å². The van der Waals surface area contributed by atoms with Crippen LogP contribution in [0.1, 0.15) is 29.8 Å². The number of aromatic nitrogens is 1. The fraction of sp³-hybridized carbons (Fsp3) is 0.538.